The topological polar surface area (TPSA) is 45.9 Å². The van der Waals surface area contributed by atoms with Crippen molar-refractivity contribution in [2.45, 2.75) is 5.41 Å². The Labute approximate surface area is 483 Å². The fraction of sp³-hybridized carbons (Fsp3) is 0.0127. The molecule has 1 spiro atoms. The predicted octanol–water partition coefficient (Wildman–Crippen LogP) is 22.0. The fourth-order valence-corrected chi connectivity index (χ4v) is 14.5. The number of benzene rings is 13. The molecule has 0 aliphatic heterocycles. The van der Waals surface area contributed by atoms with Crippen molar-refractivity contribution in [3.05, 3.63) is 313 Å². The molecule has 16 aromatic rings. The first-order chi connectivity index (χ1) is 41.7. The number of hydrogen-bond acceptors (Lipinski definition) is 5. The van der Waals surface area contributed by atoms with Crippen molar-refractivity contribution < 1.29 is 13.3 Å². The first kappa shape index (κ1) is 46.6. The maximum atomic E-state index is 7.46. The highest BCUT2D eigenvalue weighted by Gasteiger charge is 2.53. The van der Waals surface area contributed by atoms with E-state index in [4.69, 9.17) is 13.3 Å². The summed E-state index contributed by atoms with van der Waals surface area (Å²) >= 11 is 0. The molecule has 0 unspecified atom stereocenters. The van der Waals surface area contributed by atoms with Gasteiger partial charge in [0, 0.05) is 49.1 Å². The maximum Gasteiger partial charge on any atom is 0.160 e. The van der Waals surface area contributed by atoms with Gasteiger partial charge in [-0.05, 0) is 116 Å². The smallest absolute Gasteiger partial charge is 0.160 e. The zero-order valence-electron chi connectivity index (χ0n) is 45.3. The Hall–Kier alpha value is -11.1. The summed E-state index contributed by atoms with van der Waals surface area (Å²) in [4.78, 5) is 4.85. The van der Waals surface area contributed by atoms with Crippen LogP contribution >= 0.6 is 0 Å². The Morgan fingerprint density at radius 3 is 1.26 bits per heavy atom. The van der Waals surface area contributed by atoms with Crippen LogP contribution in [-0.4, -0.2) is 0 Å². The average molecular weight is 1070 g/mol. The van der Waals surface area contributed by atoms with Crippen molar-refractivity contribution in [3.63, 3.8) is 0 Å². The van der Waals surface area contributed by atoms with E-state index in [0.717, 1.165) is 133 Å². The molecule has 0 atom stereocenters. The highest BCUT2D eigenvalue weighted by Crippen LogP contribution is 2.67. The predicted molar refractivity (Wildman–Crippen MR) is 345 cm³/mol. The Morgan fingerprint density at radius 2 is 0.679 bits per heavy atom. The summed E-state index contributed by atoms with van der Waals surface area (Å²) in [5, 5.41) is 6.35. The average Bonchev–Trinajstić information content (AvgIpc) is 2.70. The molecular formula is C79H48N2O3. The van der Waals surface area contributed by atoms with Crippen LogP contribution in [0.4, 0.5) is 34.1 Å². The Kier molecular flexibility index (Phi) is 9.95. The SMILES string of the molecule is c1ccc(-c2ccccc2N(c2ccc3c(c2)C2(c4ccccc4-c4ccccc42)c2cc(N(c4ccccc4-c4ccccc4)c4cccc5c4oc4ccccc45)c4oc5ccccc5c4c2-3)c2cccc3c2oc2ccccc23)cc1. The molecule has 392 valence electrons. The summed E-state index contributed by atoms with van der Waals surface area (Å²) in [5.41, 5.74) is 23.8. The van der Waals surface area contributed by atoms with E-state index in [1.807, 2.05) is 12.1 Å². The summed E-state index contributed by atoms with van der Waals surface area (Å²) in [6.07, 6.45) is 0. The van der Waals surface area contributed by atoms with Crippen LogP contribution in [0, 0.1) is 0 Å². The number of hydrogen-bond donors (Lipinski definition) is 0. The van der Waals surface area contributed by atoms with Gasteiger partial charge >= 0.3 is 0 Å². The standard InChI is InChI=1S/C79H48N2O3/c1-3-23-49(24-4-1)52-27-9-16-38-66(52)80(68-40-21-34-58-56-31-11-18-42-71(56)82-76(58)68)51-45-46-60-64(47-51)79(62-36-14-7-29-54(62)55-30-8-15-37-63(55)79)65-48-70(78-75(74(60)65)61-33-13-20-44-73(61)84-78)81(67-39-17-10-28-53(67)50-25-5-2-6-26-50)69-41-22-35-59-57-32-12-19-43-72(57)83-77(59)69/h1-48H. The van der Waals surface area contributed by atoms with E-state index < -0.39 is 5.41 Å². The lowest BCUT2D eigenvalue weighted by atomic mass is 9.70. The Balaban J connectivity index is 0.984. The third-order valence-electron chi connectivity index (χ3n) is 17.9. The van der Waals surface area contributed by atoms with E-state index in [0.29, 0.717) is 0 Å². The second kappa shape index (κ2) is 17.9. The lowest BCUT2D eigenvalue weighted by Gasteiger charge is -2.34. The van der Waals surface area contributed by atoms with Gasteiger partial charge in [-0.2, -0.15) is 0 Å². The van der Waals surface area contributed by atoms with Crippen LogP contribution in [0.5, 0.6) is 0 Å². The largest absolute Gasteiger partial charge is 0.454 e. The summed E-state index contributed by atoms with van der Waals surface area (Å²) < 4.78 is 21.5. The van der Waals surface area contributed by atoms with E-state index >= 15 is 0 Å². The highest BCUT2D eigenvalue weighted by molar-refractivity contribution is 6.22. The van der Waals surface area contributed by atoms with E-state index in [2.05, 4.69) is 289 Å². The van der Waals surface area contributed by atoms with Crippen LogP contribution < -0.4 is 9.80 Å². The zero-order valence-corrected chi connectivity index (χ0v) is 45.3. The minimum atomic E-state index is -0.818. The molecule has 2 aliphatic carbocycles. The number of rotatable bonds is 8. The van der Waals surface area contributed by atoms with Gasteiger partial charge in [0.2, 0.25) is 0 Å². The van der Waals surface area contributed by atoms with Gasteiger partial charge in [0.25, 0.3) is 0 Å². The molecule has 18 rings (SSSR count). The molecule has 2 aliphatic rings. The van der Waals surface area contributed by atoms with Crippen LogP contribution in [0.3, 0.4) is 0 Å². The second-order valence-electron chi connectivity index (χ2n) is 22.1. The number of fused-ring (bicyclic) bond motifs is 20. The number of nitrogens with zero attached hydrogens (tertiary/aromatic N) is 2. The highest BCUT2D eigenvalue weighted by atomic mass is 16.3. The first-order valence-corrected chi connectivity index (χ1v) is 28.7. The molecule has 0 N–H and O–H groups in total. The van der Waals surface area contributed by atoms with Crippen LogP contribution in [0.25, 0.3) is 110 Å². The van der Waals surface area contributed by atoms with E-state index in [1.165, 1.54) is 33.4 Å². The molecule has 5 heteroatoms. The first-order valence-electron chi connectivity index (χ1n) is 28.7. The molecule has 13 aromatic carbocycles. The lowest BCUT2D eigenvalue weighted by molar-refractivity contribution is 0.666. The Morgan fingerprint density at radius 1 is 0.250 bits per heavy atom. The molecular weight excluding hydrogens is 1020 g/mol. The van der Waals surface area contributed by atoms with Crippen molar-refractivity contribution in [2.24, 2.45) is 0 Å². The molecule has 3 heterocycles. The second-order valence-corrected chi connectivity index (χ2v) is 22.1. The number of furan rings is 3. The molecule has 0 saturated heterocycles. The van der Waals surface area contributed by atoms with E-state index in [9.17, 15) is 0 Å². The summed E-state index contributed by atoms with van der Waals surface area (Å²) in [6.45, 7) is 0. The van der Waals surface area contributed by atoms with Gasteiger partial charge in [-0.3, -0.25) is 0 Å². The molecule has 5 nitrogen and oxygen atoms in total. The van der Waals surface area contributed by atoms with Crippen molar-refractivity contribution in [3.8, 4) is 44.5 Å². The molecule has 0 radical (unpaired) electrons. The summed E-state index contributed by atoms with van der Waals surface area (Å²) in [6, 6.07) is 105. The number of para-hydroxylation sites is 7. The maximum absolute atomic E-state index is 7.46. The van der Waals surface area contributed by atoms with E-state index in [-0.39, 0.29) is 0 Å². The third-order valence-corrected chi connectivity index (χ3v) is 17.9. The van der Waals surface area contributed by atoms with Gasteiger partial charge in [0.15, 0.2) is 16.7 Å². The lowest BCUT2D eigenvalue weighted by Crippen LogP contribution is -2.26. The minimum absolute atomic E-state index is 0.785. The van der Waals surface area contributed by atoms with Crippen LogP contribution in [0.2, 0.25) is 0 Å². The van der Waals surface area contributed by atoms with Gasteiger partial charge in [0.1, 0.15) is 16.7 Å². The van der Waals surface area contributed by atoms with Crippen molar-refractivity contribution in [2.75, 3.05) is 9.80 Å². The van der Waals surface area contributed by atoms with Gasteiger partial charge in [-0.1, -0.05) is 231 Å². The molecule has 0 bridgehead atoms. The number of anilines is 6. The van der Waals surface area contributed by atoms with Crippen LogP contribution in [-0.2, 0) is 5.41 Å². The summed E-state index contributed by atoms with van der Waals surface area (Å²) in [7, 11) is 0. The van der Waals surface area contributed by atoms with Crippen molar-refractivity contribution in [1.29, 1.82) is 0 Å². The Bertz CT molecular complexity index is 5310. The fourth-order valence-electron chi connectivity index (χ4n) is 14.5. The normalized spacial score (nSPS) is 12.9. The van der Waals surface area contributed by atoms with E-state index in [1.54, 1.807) is 0 Å². The quantitative estimate of drug-likeness (QED) is 0.152. The zero-order chi connectivity index (χ0) is 55.0. The van der Waals surface area contributed by atoms with Gasteiger partial charge in [-0.15, -0.1) is 0 Å². The molecule has 0 amide bonds. The van der Waals surface area contributed by atoms with Crippen LogP contribution in [0.15, 0.2) is 304 Å². The molecule has 0 saturated carbocycles. The van der Waals surface area contributed by atoms with Crippen LogP contribution in [0.1, 0.15) is 22.3 Å². The van der Waals surface area contributed by atoms with Gasteiger partial charge < -0.3 is 23.1 Å². The third kappa shape index (κ3) is 6.49. The molecule has 84 heavy (non-hydrogen) atoms. The van der Waals surface area contributed by atoms with Gasteiger partial charge in [0.05, 0.1) is 33.9 Å². The van der Waals surface area contributed by atoms with Crippen molar-refractivity contribution >= 4 is 99.9 Å². The van der Waals surface area contributed by atoms with Gasteiger partial charge in [-0.25, -0.2) is 0 Å². The summed E-state index contributed by atoms with van der Waals surface area (Å²) in [5.74, 6) is 0. The molecule has 3 aromatic heterocycles. The monoisotopic (exact) mass is 1070 g/mol. The molecule has 0 fully saturated rings. The minimum Gasteiger partial charge on any atom is -0.454 e. The van der Waals surface area contributed by atoms with Crippen molar-refractivity contribution in [1.82, 2.24) is 0 Å².